The van der Waals surface area contributed by atoms with Crippen LogP contribution >= 0.6 is 0 Å². The molecule has 1 aliphatic heterocycles. The average molecular weight is 257 g/mol. The maximum absolute atomic E-state index is 12.1. The summed E-state index contributed by atoms with van der Waals surface area (Å²) in [5.74, 6) is -0.812. The molecule has 1 amide bonds. The Hall–Kier alpha value is -1.10. The molecule has 1 unspecified atom stereocenters. The minimum Gasteiger partial charge on any atom is -0.481 e. The highest BCUT2D eigenvalue weighted by Crippen LogP contribution is 2.25. The Morgan fingerprint density at radius 2 is 1.83 bits per heavy atom. The van der Waals surface area contributed by atoms with Crippen molar-refractivity contribution in [2.45, 2.75) is 45.6 Å². The molecule has 0 aromatic rings. The number of aliphatic carboxylic acids is 1. The van der Waals surface area contributed by atoms with Crippen LogP contribution in [0.2, 0.25) is 0 Å². The number of amides is 1. The van der Waals surface area contributed by atoms with E-state index < -0.39 is 11.5 Å². The number of carbonyl (C=O) groups is 2. The molecule has 0 bridgehead atoms. The molecule has 1 saturated heterocycles. The van der Waals surface area contributed by atoms with Gasteiger partial charge in [0.2, 0.25) is 5.91 Å². The minimum atomic E-state index is -0.880. The maximum atomic E-state index is 12.1. The monoisotopic (exact) mass is 257 g/mol. The molecule has 0 saturated carbocycles. The van der Waals surface area contributed by atoms with Crippen LogP contribution in [0, 0.1) is 11.8 Å². The summed E-state index contributed by atoms with van der Waals surface area (Å²) in [5, 5.41) is 11.9. The summed E-state index contributed by atoms with van der Waals surface area (Å²) in [5.41, 5.74) is -0.635. The van der Waals surface area contributed by atoms with E-state index in [0.29, 0.717) is 26.1 Å². The first-order chi connectivity index (χ1) is 8.36. The molecule has 1 atom stereocenters. The Labute approximate surface area is 108 Å². The fraction of sp³-hybridized carbons (Fsp3) is 0.846. The number of rotatable bonds is 5. The number of nitrogens with one attached hydrogen (secondary N) is 1. The molecule has 18 heavy (non-hydrogen) atoms. The van der Waals surface area contributed by atoms with Gasteiger partial charge in [0.05, 0.1) is 12.0 Å². The van der Waals surface area contributed by atoms with E-state index in [0.717, 1.165) is 0 Å². The SMILES string of the molecule is CC(C)C(C)C(=O)NC1(CC(=O)O)CCOCC1. The van der Waals surface area contributed by atoms with Gasteiger partial charge >= 0.3 is 5.97 Å². The van der Waals surface area contributed by atoms with Crippen molar-refractivity contribution < 1.29 is 19.4 Å². The molecular formula is C13H23NO4. The highest BCUT2D eigenvalue weighted by atomic mass is 16.5. The fourth-order valence-corrected chi connectivity index (χ4v) is 2.08. The van der Waals surface area contributed by atoms with Gasteiger partial charge in [0.25, 0.3) is 0 Å². The van der Waals surface area contributed by atoms with Gasteiger partial charge in [0.15, 0.2) is 0 Å². The van der Waals surface area contributed by atoms with E-state index in [9.17, 15) is 9.59 Å². The quantitative estimate of drug-likeness (QED) is 0.781. The molecule has 2 N–H and O–H groups in total. The van der Waals surface area contributed by atoms with Crippen molar-refractivity contribution in [3.63, 3.8) is 0 Å². The van der Waals surface area contributed by atoms with Gasteiger partial charge in [-0.2, -0.15) is 0 Å². The van der Waals surface area contributed by atoms with Crippen molar-refractivity contribution in [1.29, 1.82) is 0 Å². The zero-order chi connectivity index (χ0) is 13.8. The Kier molecular flexibility index (Phi) is 5.14. The van der Waals surface area contributed by atoms with Gasteiger partial charge in [0.1, 0.15) is 0 Å². The summed E-state index contributed by atoms with van der Waals surface area (Å²) in [6.07, 6.45) is 1.10. The highest BCUT2D eigenvalue weighted by molar-refractivity contribution is 5.80. The first kappa shape index (κ1) is 15.0. The molecule has 0 aromatic heterocycles. The molecule has 0 aromatic carbocycles. The Bertz CT molecular complexity index is 308. The fourth-order valence-electron chi connectivity index (χ4n) is 2.08. The first-order valence-electron chi connectivity index (χ1n) is 6.48. The highest BCUT2D eigenvalue weighted by Gasteiger charge is 2.37. The van der Waals surface area contributed by atoms with Crippen LogP contribution < -0.4 is 5.32 Å². The summed E-state index contributed by atoms with van der Waals surface area (Å²) in [6, 6.07) is 0. The third-order valence-corrected chi connectivity index (χ3v) is 3.74. The minimum absolute atomic E-state index is 0.0348. The van der Waals surface area contributed by atoms with Crippen LogP contribution in [0.25, 0.3) is 0 Å². The number of carboxylic acid groups (broad SMARTS) is 1. The van der Waals surface area contributed by atoms with Gasteiger partial charge in [-0.3, -0.25) is 9.59 Å². The van der Waals surface area contributed by atoms with Crippen LogP contribution in [0.5, 0.6) is 0 Å². The topological polar surface area (TPSA) is 75.6 Å². The van der Waals surface area contributed by atoms with Crippen LogP contribution in [0.1, 0.15) is 40.0 Å². The first-order valence-corrected chi connectivity index (χ1v) is 6.48. The normalized spacial score (nSPS) is 20.4. The summed E-state index contributed by atoms with van der Waals surface area (Å²) < 4.78 is 5.25. The molecular weight excluding hydrogens is 234 g/mol. The molecule has 0 aliphatic carbocycles. The second-order valence-electron chi connectivity index (χ2n) is 5.49. The van der Waals surface area contributed by atoms with Crippen LogP contribution in [-0.2, 0) is 14.3 Å². The van der Waals surface area contributed by atoms with Crippen LogP contribution in [-0.4, -0.2) is 35.7 Å². The third kappa shape index (κ3) is 3.98. The largest absolute Gasteiger partial charge is 0.481 e. The molecule has 1 heterocycles. The zero-order valence-electron chi connectivity index (χ0n) is 11.4. The lowest BCUT2D eigenvalue weighted by atomic mass is 9.85. The molecule has 1 aliphatic rings. The van der Waals surface area contributed by atoms with E-state index in [2.05, 4.69) is 5.32 Å². The maximum Gasteiger partial charge on any atom is 0.305 e. The van der Waals surface area contributed by atoms with E-state index in [1.807, 2.05) is 20.8 Å². The zero-order valence-corrected chi connectivity index (χ0v) is 11.4. The lowest BCUT2D eigenvalue weighted by molar-refractivity contribution is -0.141. The number of hydrogen-bond acceptors (Lipinski definition) is 3. The third-order valence-electron chi connectivity index (χ3n) is 3.74. The predicted octanol–water partition coefficient (Wildman–Crippen LogP) is 1.42. The van der Waals surface area contributed by atoms with E-state index in [4.69, 9.17) is 9.84 Å². The van der Waals surface area contributed by atoms with Gasteiger partial charge in [-0.1, -0.05) is 20.8 Å². The van der Waals surface area contributed by atoms with Crippen molar-refractivity contribution in [1.82, 2.24) is 5.32 Å². The average Bonchev–Trinajstić information content (AvgIpc) is 2.27. The van der Waals surface area contributed by atoms with Gasteiger partial charge in [0, 0.05) is 19.1 Å². The van der Waals surface area contributed by atoms with Crippen LogP contribution in [0.3, 0.4) is 0 Å². The number of ether oxygens (including phenoxy) is 1. The lowest BCUT2D eigenvalue weighted by Gasteiger charge is -2.38. The second-order valence-corrected chi connectivity index (χ2v) is 5.49. The van der Waals surface area contributed by atoms with E-state index in [-0.39, 0.29) is 24.2 Å². The molecule has 0 spiro atoms. The Morgan fingerprint density at radius 3 is 2.28 bits per heavy atom. The molecule has 5 nitrogen and oxygen atoms in total. The van der Waals surface area contributed by atoms with Gasteiger partial charge in [-0.15, -0.1) is 0 Å². The summed E-state index contributed by atoms with van der Waals surface area (Å²) in [6.45, 7) is 6.84. The van der Waals surface area contributed by atoms with Crippen molar-refractivity contribution in [3.05, 3.63) is 0 Å². The van der Waals surface area contributed by atoms with Crippen molar-refractivity contribution in [2.75, 3.05) is 13.2 Å². The smallest absolute Gasteiger partial charge is 0.305 e. The van der Waals surface area contributed by atoms with Crippen molar-refractivity contribution >= 4 is 11.9 Å². The Morgan fingerprint density at radius 1 is 1.28 bits per heavy atom. The van der Waals surface area contributed by atoms with Crippen molar-refractivity contribution in [2.24, 2.45) is 11.8 Å². The Balaban J connectivity index is 2.72. The summed E-state index contributed by atoms with van der Waals surface area (Å²) in [7, 11) is 0. The lowest BCUT2D eigenvalue weighted by Crippen LogP contribution is -2.54. The van der Waals surface area contributed by atoms with E-state index in [1.165, 1.54) is 0 Å². The van der Waals surface area contributed by atoms with Gasteiger partial charge < -0.3 is 15.2 Å². The van der Waals surface area contributed by atoms with E-state index in [1.54, 1.807) is 0 Å². The predicted molar refractivity (Wildman–Crippen MR) is 67.2 cm³/mol. The summed E-state index contributed by atoms with van der Waals surface area (Å²) >= 11 is 0. The molecule has 0 radical (unpaired) electrons. The molecule has 1 fully saturated rings. The van der Waals surface area contributed by atoms with Gasteiger partial charge in [-0.05, 0) is 18.8 Å². The molecule has 5 heteroatoms. The van der Waals surface area contributed by atoms with Crippen molar-refractivity contribution in [3.8, 4) is 0 Å². The summed E-state index contributed by atoms with van der Waals surface area (Å²) in [4.78, 5) is 23.1. The number of carboxylic acids is 1. The second kappa shape index (κ2) is 6.18. The number of hydrogen-bond donors (Lipinski definition) is 2. The molecule has 104 valence electrons. The van der Waals surface area contributed by atoms with Crippen LogP contribution in [0.15, 0.2) is 0 Å². The van der Waals surface area contributed by atoms with E-state index >= 15 is 0 Å². The molecule has 1 rings (SSSR count). The van der Waals surface area contributed by atoms with Crippen LogP contribution in [0.4, 0.5) is 0 Å². The standard InChI is InChI=1S/C13H23NO4/c1-9(2)10(3)12(17)14-13(8-11(15)16)4-6-18-7-5-13/h9-10H,4-8H2,1-3H3,(H,14,17)(H,15,16). The van der Waals surface area contributed by atoms with Gasteiger partial charge in [-0.25, -0.2) is 0 Å². The number of carbonyl (C=O) groups excluding carboxylic acids is 1.